The van der Waals surface area contributed by atoms with E-state index in [9.17, 15) is 0 Å². The van der Waals surface area contributed by atoms with Gasteiger partial charge in [-0.1, -0.05) is 48.4 Å². The van der Waals surface area contributed by atoms with Crippen molar-refractivity contribution in [2.75, 3.05) is 5.73 Å². The van der Waals surface area contributed by atoms with E-state index >= 15 is 0 Å². The van der Waals surface area contributed by atoms with Crippen molar-refractivity contribution >= 4 is 28.4 Å². The number of imidazole rings is 1. The molecule has 0 saturated heterocycles. The molecular formula is C26H20N6. The number of fused-ring (bicyclic) bond motifs is 2. The summed E-state index contributed by atoms with van der Waals surface area (Å²) < 4.78 is 2.03. The Morgan fingerprint density at radius 1 is 1.06 bits per heavy atom. The van der Waals surface area contributed by atoms with Crippen molar-refractivity contribution in [1.82, 2.24) is 14.4 Å². The van der Waals surface area contributed by atoms with Gasteiger partial charge in [-0.3, -0.25) is 4.40 Å². The first-order valence-corrected chi connectivity index (χ1v) is 10.6. The molecule has 0 bridgehead atoms. The number of anilines is 1. The zero-order valence-electron chi connectivity index (χ0n) is 17.3. The van der Waals surface area contributed by atoms with Crippen LogP contribution in [0.15, 0.2) is 65.9 Å². The van der Waals surface area contributed by atoms with Gasteiger partial charge in [0.15, 0.2) is 0 Å². The van der Waals surface area contributed by atoms with Gasteiger partial charge in [0.1, 0.15) is 28.6 Å². The third kappa shape index (κ3) is 2.98. The van der Waals surface area contributed by atoms with Crippen LogP contribution in [-0.4, -0.2) is 25.8 Å². The average Bonchev–Trinajstić information content (AvgIpc) is 3.04. The zero-order valence-corrected chi connectivity index (χ0v) is 17.3. The van der Waals surface area contributed by atoms with E-state index in [2.05, 4.69) is 35.0 Å². The molecule has 32 heavy (non-hydrogen) atoms. The van der Waals surface area contributed by atoms with Crippen molar-refractivity contribution in [3.8, 4) is 23.1 Å². The summed E-state index contributed by atoms with van der Waals surface area (Å²) in [6.45, 7) is 0. The summed E-state index contributed by atoms with van der Waals surface area (Å²) >= 11 is 0. The van der Waals surface area contributed by atoms with Gasteiger partial charge in [0.25, 0.3) is 0 Å². The Labute approximate surface area is 185 Å². The van der Waals surface area contributed by atoms with Crippen molar-refractivity contribution < 1.29 is 0 Å². The van der Waals surface area contributed by atoms with E-state index in [4.69, 9.17) is 21.1 Å². The van der Waals surface area contributed by atoms with E-state index in [0.717, 1.165) is 63.7 Å². The van der Waals surface area contributed by atoms with Crippen molar-refractivity contribution in [2.45, 2.75) is 25.2 Å². The Kier molecular flexibility index (Phi) is 4.15. The fraction of sp³-hybridized carbons (Fsp3) is 0.154. The minimum atomic E-state index is 0.238. The predicted octanol–water partition coefficient (Wildman–Crippen LogP) is 4.56. The third-order valence-corrected chi connectivity index (χ3v) is 6.08. The Bertz CT molecular complexity index is 1480. The zero-order chi connectivity index (χ0) is 21.7. The lowest BCUT2D eigenvalue weighted by atomic mass is 9.83. The fourth-order valence-electron chi connectivity index (χ4n) is 4.36. The molecule has 1 aliphatic carbocycles. The van der Waals surface area contributed by atoms with E-state index in [-0.39, 0.29) is 5.92 Å². The first kappa shape index (κ1) is 18.5. The molecule has 0 radical (unpaired) electrons. The lowest BCUT2D eigenvalue weighted by molar-refractivity contribution is 0.608. The van der Waals surface area contributed by atoms with Gasteiger partial charge < -0.3 is 11.1 Å². The van der Waals surface area contributed by atoms with Gasteiger partial charge in [0.05, 0.1) is 5.69 Å². The van der Waals surface area contributed by atoms with Crippen LogP contribution in [0.2, 0.25) is 0 Å². The van der Waals surface area contributed by atoms with E-state index in [1.54, 1.807) is 6.20 Å². The van der Waals surface area contributed by atoms with Gasteiger partial charge in [0.2, 0.25) is 0 Å². The van der Waals surface area contributed by atoms with Gasteiger partial charge in [-0.2, -0.15) is 0 Å². The van der Waals surface area contributed by atoms with E-state index in [1.165, 1.54) is 0 Å². The highest BCUT2D eigenvalue weighted by molar-refractivity contribution is 6.14. The summed E-state index contributed by atoms with van der Waals surface area (Å²) in [5, 5.41) is 7.85. The molecule has 0 atom stereocenters. The van der Waals surface area contributed by atoms with Gasteiger partial charge in [-0.15, -0.1) is 0 Å². The van der Waals surface area contributed by atoms with Crippen molar-refractivity contribution in [1.29, 1.82) is 5.41 Å². The molecular weight excluding hydrogens is 396 g/mol. The van der Waals surface area contributed by atoms with Crippen molar-refractivity contribution in [3.05, 3.63) is 77.9 Å². The first-order valence-electron chi connectivity index (χ1n) is 10.6. The second-order valence-corrected chi connectivity index (χ2v) is 8.21. The minimum Gasteiger partial charge on any atom is -0.382 e. The molecule has 0 unspecified atom stereocenters. The highest BCUT2D eigenvalue weighted by Gasteiger charge is 2.30. The maximum absolute atomic E-state index is 7.85. The van der Waals surface area contributed by atoms with Gasteiger partial charge in [-0.25, -0.2) is 15.0 Å². The number of benzene rings is 2. The van der Waals surface area contributed by atoms with Crippen molar-refractivity contribution in [3.63, 3.8) is 0 Å². The molecule has 2 aromatic carbocycles. The van der Waals surface area contributed by atoms with Crippen LogP contribution in [0.1, 0.15) is 35.7 Å². The third-order valence-electron chi connectivity index (χ3n) is 6.08. The molecule has 0 spiro atoms. The number of nitrogens with one attached hydrogen (secondary N) is 1. The standard InChI is InChI=1S/C26H20N6/c27-20-13-19(14-20)26-31-23(24-25(28)29-11-12-32(24)26)18-10-9-17-7-4-8-21(30-22(17)15-18)16-5-2-1-3-6-16/h1-3,5-6,9-12,15,19,27H,7,13-14H2,(H2,28,29). The molecule has 2 aromatic heterocycles. The minimum absolute atomic E-state index is 0.238. The van der Waals surface area contributed by atoms with Crippen LogP contribution in [0, 0.1) is 17.3 Å². The van der Waals surface area contributed by atoms with E-state index < -0.39 is 0 Å². The lowest BCUT2D eigenvalue weighted by Gasteiger charge is -2.25. The number of rotatable bonds is 3. The van der Waals surface area contributed by atoms with Crippen LogP contribution < -0.4 is 5.73 Å². The smallest absolute Gasteiger partial charge is 0.150 e. The fourth-order valence-corrected chi connectivity index (χ4v) is 4.36. The Balaban J connectivity index is 1.50. The normalized spacial score (nSPS) is 17.1. The summed E-state index contributed by atoms with van der Waals surface area (Å²) in [4.78, 5) is 14.2. The SMILES string of the molecule is N=C1CC(c2nc(-c3ccc4c(c3)N=C(c3ccccc3)C#CC4)c3c(N)nccn23)C1. The van der Waals surface area contributed by atoms with Crippen LogP contribution in [0.4, 0.5) is 11.5 Å². The number of nitrogens with two attached hydrogens (primary N) is 1. The lowest BCUT2D eigenvalue weighted by Crippen LogP contribution is -2.22. The summed E-state index contributed by atoms with van der Waals surface area (Å²) in [6, 6.07) is 16.2. The number of nitrogen functional groups attached to an aromatic ring is 1. The first-order chi connectivity index (χ1) is 15.7. The maximum Gasteiger partial charge on any atom is 0.150 e. The molecule has 0 amide bonds. The Hall–Kier alpha value is -4.24. The van der Waals surface area contributed by atoms with Gasteiger partial charge >= 0.3 is 0 Å². The van der Waals surface area contributed by atoms with Crippen LogP contribution in [0.3, 0.4) is 0 Å². The molecule has 3 N–H and O–H groups in total. The topological polar surface area (TPSA) is 92.4 Å². The van der Waals surface area contributed by atoms with E-state index in [0.29, 0.717) is 12.2 Å². The quantitative estimate of drug-likeness (QED) is 0.480. The van der Waals surface area contributed by atoms with Gasteiger partial charge in [-0.05, 0) is 30.4 Å². The number of hydrogen-bond acceptors (Lipinski definition) is 5. The van der Waals surface area contributed by atoms with Crippen LogP contribution in [0.25, 0.3) is 16.8 Å². The molecule has 6 rings (SSSR count). The second kappa shape index (κ2) is 7.17. The van der Waals surface area contributed by atoms with Crippen LogP contribution in [0.5, 0.6) is 0 Å². The Morgan fingerprint density at radius 3 is 2.72 bits per heavy atom. The summed E-state index contributed by atoms with van der Waals surface area (Å²) in [5.74, 6) is 8.07. The average molecular weight is 416 g/mol. The van der Waals surface area contributed by atoms with Crippen molar-refractivity contribution in [2.24, 2.45) is 4.99 Å². The molecule has 1 saturated carbocycles. The molecule has 6 heteroatoms. The molecule has 4 aromatic rings. The summed E-state index contributed by atoms with van der Waals surface area (Å²) in [7, 11) is 0. The number of aliphatic imine (C=N–C) groups is 1. The van der Waals surface area contributed by atoms with Crippen LogP contribution in [-0.2, 0) is 6.42 Å². The number of aromatic nitrogens is 3. The Morgan fingerprint density at radius 2 is 1.91 bits per heavy atom. The number of hydrogen-bond donors (Lipinski definition) is 2. The molecule has 2 aliphatic rings. The maximum atomic E-state index is 7.85. The highest BCUT2D eigenvalue weighted by Crippen LogP contribution is 2.38. The summed E-state index contributed by atoms with van der Waals surface area (Å²) in [6.07, 6.45) is 5.74. The number of nitrogens with zero attached hydrogens (tertiary/aromatic N) is 4. The monoisotopic (exact) mass is 416 g/mol. The highest BCUT2D eigenvalue weighted by atomic mass is 15.1. The molecule has 1 fully saturated rings. The largest absolute Gasteiger partial charge is 0.382 e. The van der Waals surface area contributed by atoms with Gasteiger partial charge in [0, 0.05) is 41.6 Å². The molecule has 1 aliphatic heterocycles. The van der Waals surface area contributed by atoms with Crippen LogP contribution >= 0.6 is 0 Å². The molecule has 6 nitrogen and oxygen atoms in total. The van der Waals surface area contributed by atoms with E-state index in [1.807, 2.05) is 40.9 Å². The molecule has 3 heterocycles. The second-order valence-electron chi connectivity index (χ2n) is 8.21. The summed E-state index contributed by atoms with van der Waals surface area (Å²) in [5.41, 5.74) is 13.4. The predicted molar refractivity (Wildman–Crippen MR) is 127 cm³/mol. The molecule has 154 valence electrons.